The van der Waals surface area contributed by atoms with Gasteiger partial charge in [-0.15, -0.1) is 10.2 Å². The Morgan fingerprint density at radius 1 is 1.14 bits per heavy atom. The lowest BCUT2D eigenvalue weighted by Gasteiger charge is -2.05. The molecule has 3 rings (SSSR count). The molecule has 0 unspecified atom stereocenters. The van der Waals surface area contributed by atoms with Crippen LogP contribution >= 0.6 is 0 Å². The van der Waals surface area contributed by atoms with E-state index >= 15 is 0 Å². The Labute approximate surface area is 121 Å². The number of methoxy groups -OCH3 is 1. The van der Waals surface area contributed by atoms with Crippen LogP contribution in [-0.4, -0.2) is 32.7 Å². The van der Waals surface area contributed by atoms with Crippen molar-refractivity contribution in [2.45, 2.75) is 13.8 Å². The van der Waals surface area contributed by atoms with Crippen molar-refractivity contribution in [1.82, 2.24) is 19.6 Å². The van der Waals surface area contributed by atoms with Gasteiger partial charge in [0.15, 0.2) is 11.5 Å². The Morgan fingerprint density at radius 3 is 2.67 bits per heavy atom. The summed E-state index contributed by atoms with van der Waals surface area (Å²) in [7, 11) is 1.35. The molecule has 0 amide bonds. The van der Waals surface area contributed by atoms with Crippen LogP contribution in [0.5, 0.6) is 0 Å². The molecule has 0 N–H and O–H groups in total. The summed E-state index contributed by atoms with van der Waals surface area (Å²) in [6.45, 7) is 3.86. The van der Waals surface area contributed by atoms with Crippen LogP contribution in [-0.2, 0) is 4.74 Å². The van der Waals surface area contributed by atoms with Crippen LogP contribution in [0, 0.1) is 13.8 Å². The van der Waals surface area contributed by atoms with Crippen molar-refractivity contribution in [3.05, 3.63) is 47.4 Å². The van der Waals surface area contributed by atoms with Gasteiger partial charge in [0, 0.05) is 23.1 Å². The molecule has 0 aliphatic carbocycles. The lowest BCUT2D eigenvalue weighted by atomic mass is 10.1. The number of carbonyl (C=O) groups excluding carboxylic acids is 1. The highest BCUT2D eigenvalue weighted by Gasteiger charge is 2.14. The van der Waals surface area contributed by atoms with Gasteiger partial charge in [-0.25, -0.2) is 4.79 Å². The molecule has 0 atom stereocenters. The van der Waals surface area contributed by atoms with Gasteiger partial charge in [0.1, 0.15) is 0 Å². The first-order chi connectivity index (χ1) is 10.1. The highest BCUT2D eigenvalue weighted by molar-refractivity contribution is 5.89. The molecule has 0 bridgehead atoms. The SMILES string of the molecule is COC(=O)c1ccc2nnc(-c3ccc(C)nc3C)n2c1. The van der Waals surface area contributed by atoms with Crippen molar-refractivity contribution in [2.75, 3.05) is 7.11 Å². The fourth-order valence-corrected chi connectivity index (χ4v) is 2.24. The van der Waals surface area contributed by atoms with Gasteiger partial charge in [-0.3, -0.25) is 9.38 Å². The van der Waals surface area contributed by atoms with Gasteiger partial charge in [-0.05, 0) is 38.1 Å². The number of hydrogen-bond donors (Lipinski definition) is 0. The zero-order valence-electron chi connectivity index (χ0n) is 12.0. The number of aryl methyl sites for hydroxylation is 2. The number of ether oxygens (including phenoxy) is 1. The van der Waals surface area contributed by atoms with E-state index in [-0.39, 0.29) is 0 Å². The first-order valence-electron chi connectivity index (χ1n) is 6.48. The Morgan fingerprint density at radius 2 is 1.95 bits per heavy atom. The Hall–Kier alpha value is -2.76. The summed E-state index contributed by atoms with van der Waals surface area (Å²) in [5, 5.41) is 8.32. The number of rotatable bonds is 2. The number of hydrogen-bond acceptors (Lipinski definition) is 5. The minimum atomic E-state index is -0.393. The minimum Gasteiger partial charge on any atom is -0.465 e. The molecule has 106 valence electrons. The van der Waals surface area contributed by atoms with Crippen LogP contribution in [0.25, 0.3) is 17.0 Å². The third kappa shape index (κ3) is 2.24. The summed E-state index contributed by atoms with van der Waals surface area (Å²) in [4.78, 5) is 16.1. The van der Waals surface area contributed by atoms with Gasteiger partial charge in [-0.1, -0.05) is 0 Å². The Balaban J connectivity index is 2.20. The van der Waals surface area contributed by atoms with Crippen LogP contribution < -0.4 is 0 Å². The smallest absolute Gasteiger partial charge is 0.339 e. The van der Waals surface area contributed by atoms with E-state index < -0.39 is 5.97 Å². The molecule has 0 aliphatic rings. The predicted octanol–water partition coefficient (Wildman–Crippen LogP) is 2.19. The zero-order chi connectivity index (χ0) is 15.0. The van der Waals surface area contributed by atoms with Gasteiger partial charge >= 0.3 is 5.97 Å². The molecule has 0 aliphatic heterocycles. The summed E-state index contributed by atoms with van der Waals surface area (Å²) in [5.74, 6) is 0.260. The maximum absolute atomic E-state index is 11.6. The van der Waals surface area contributed by atoms with Crippen molar-refractivity contribution in [2.24, 2.45) is 0 Å². The van der Waals surface area contributed by atoms with Crippen LogP contribution in [0.4, 0.5) is 0 Å². The van der Waals surface area contributed by atoms with E-state index in [1.807, 2.05) is 26.0 Å². The second-order valence-electron chi connectivity index (χ2n) is 4.75. The van der Waals surface area contributed by atoms with Crippen molar-refractivity contribution in [1.29, 1.82) is 0 Å². The maximum atomic E-state index is 11.6. The lowest BCUT2D eigenvalue weighted by Crippen LogP contribution is -2.03. The predicted molar refractivity (Wildman–Crippen MR) is 77.0 cm³/mol. The normalized spacial score (nSPS) is 10.8. The van der Waals surface area contributed by atoms with E-state index in [9.17, 15) is 4.79 Å². The standard InChI is InChI=1S/C15H14N4O2/c1-9-4-6-12(10(2)16-9)14-18-17-13-7-5-11(8-19(13)14)15(20)21-3/h4-8H,1-3H3. The van der Waals surface area contributed by atoms with E-state index in [1.165, 1.54) is 7.11 Å². The van der Waals surface area contributed by atoms with Crippen LogP contribution in [0.15, 0.2) is 30.5 Å². The molecule has 0 saturated carbocycles. The molecular formula is C15H14N4O2. The molecule has 6 heteroatoms. The molecule has 21 heavy (non-hydrogen) atoms. The van der Waals surface area contributed by atoms with E-state index in [4.69, 9.17) is 4.74 Å². The average molecular weight is 282 g/mol. The van der Waals surface area contributed by atoms with Crippen LogP contribution in [0.2, 0.25) is 0 Å². The van der Waals surface area contributed by atoms with E-state index in [0.29, 0.717) is 17.0 Å². The second kappa shape index (κ2) is 4.97. The number of esters is 1. The number of carbonyl (C=O) groups is 1. The summed E-state index contributed by atoms with van der Waals surface area (Å²) in [5.41, 5.74) is 3.81. The quantitative estimate of drug-likeness (QED) is 0.674. The molecule has 3 heterocycles. The van der Waals surface area contributed by atoms with Gasteiger partial charge in [0.05, 0.1) is 12.7 Å². The number of aromatic nitrogens is 4. The first-order valence-corrected chi connectivity index (χ1v) is 6.48. The van der Waals surface area contributed by atoms with Crippen molar-refractivity contribution in [3.63, 3.8) is 0 Å². The summed E-state index contributed by atoms with van der Waals surface area (Å²) in [6, 6.07) is 7.28. The monoisotopic (exact) mass is 282 g/mol. The van der Waals surface area contributed by atoms with Gasteiger partial charge < -0.3 is 4.74 Å². The average Bonchev–Trinajstić information content (AvgIpc) is 2.89. The molecule has 0 aromatic carbocycles. The van der Waals surface area contributed by atoms with Crippen molar-refractivity contribution >= 4 is 11.6 Å². The summed E-state index contributed by atoms with van der Waals surface area (Å²) < 4.78 is 6.51. The molecule has 3 aromatic heterocycles. The van der Waals surface area contributed by atoms with E-state index in [1.54, 1.807) is 22.7 Å². The zero-order valence-corrected chi connectivity index (χ0v) is 12.0. The fraction of sp³-hybridized carbons (Fsp3) is 0.200. The summed E-state index contributed by atoms with van der Waals surface area (Å²) in [6.07, 6.45) is 1.68. The highest BCUT2D eigenvalue weighted by atomic mass is 16.5. The minimum absolute atomic E-state index is 0.393. The number of fused-ring (bicyclic) bond motifs is 1. The van der Waals surface area contributed by atoms with E-state index in [0.717, 1.165) is 17.0 Å². The number of nitrogens with zero attached hydrogens (tertiary/aromatic N) is 4. The lowest BCUT2D eigenvalue weighted by molar-refractivity contribution is 0.0600. The molecule has 0 spiro atoms. The van der Waals surface area contributed by atoms with E-state index in [2.05, 4.69) is 15.2 Å². The molecular weight excluding hydrogens is 268 g/mol. The number of pyridine rings is 2. The largest absolute Gasteiger partial charge is 0.465 e. The van der Waals surface area contributed by atoms with Crippen molar-refractivity contribution < 1.29 is 9.53 Å². The van der Waals surface area contributed by atoms with Crippen molar-refractivity contribution in [3.8, 4) is 11.4 Å². The first kappa shape index (κ1) is 13.2. The fourth-order valence-electron chi connectivity index (χ4n) is 2.24. The van der Waals surface area contributed by atoms with Gasteiger partial charge in [-0.2, -0.15) is 0 Å². The molecule has 0 saturated heterocycles. The topological polar surface area (TPSA) is 69.4 Å². The third-order valence-corrected chi connectivity index (χ3v) is 3.29. The van der Waals surface area contributed by atoms with Gasteiger partial charge in [0.2, 0.25) is 0 Å². The Bertz CT molecular complexity index is 839. The third-order valence-electron chi connectivity index (χ3n) is 3.29. The molecule has 0 radical (unpaired) electrons. The van der Waals surface area contributed by atoms with Crippen LogP contribution in [0.3, 0.4) is 0 Å². The van der Waals surface area contributed by atoms with Gasteiger partial charge in [0.25, 0.3) is 0 Å². The molecule has 3 aromatic rings. The summed E-state index contributed by atoms with van der Waals surface area (Å²) >= 11 is 0. The molecule has 6 nitrogen and oxygen atoms in total. The molecule has 0 fully saturated rings. The second-order valence-corrected chi connectivity index (χ2v) is 4.75. The maximum Gasteiger partial charge on any atom is 0.339 e. The highest BCUT2D eigenvalue weighted by Crippen LogP contribution is 2.22. The van der Waals surface area contributed by atoms with Crippen LogP contribution in [0.1, 0.15) is 21.7 Å². The Kier molecular flexibility index (Phi) is 3.13.